The molecule has 1 heterocycles. The lowest BCUT2D eigenvalue weighted by atomic mass is 10.1. The minimum atomic E-state index is -0.323. The molecule has 0 fully saturated rings. The first-order valence-corrected chi connectivity index (χ1v) is 8.20. The summed E-state index contributed by atoms with van der Waals surface area (Å²) >= 11 is 5.89. The predicted octanol–water partition coefficient (Wildman–Crippen LogP) is 4.95. The number of halogens is 2. The van der Waals surface area contributed by atoms with Gasteiger partial charge >= 0.3 is 0 Å². The molecule has 0 amide bonds. The van der Waals surface area contributed by atoms with E-state index in [-0.39, 0.29) is 11.9 Å². The van der Waals surface area contributed by atoms with E-state index in [2.05, 4.69) is 5.10 Å². The fraction of sp³-hybridized carbons (Fsp3) is 0.211. The van der Waals surface area contributed by atoms with Crippen LogP contribution in [0.15, 0.2) is 54.7 Å². The van der Waals surface area contributed by atoms with Crippen molar-refractivity contribution in [3.8, 4) is 11.4 Å². The SMILES string of the molecule is COc1ccc(CO[C@H](C)c2cc(F)ccc2-n2ccc(Cl)n2)cc1. The Morgan fingerprint density at radius 3 is 2.56 bits per heavy atom. The van der Waals surface area contributed by atoms with Gasteiger partial charge in [-0.2, -0.15) is 5.10 Å². The summed E-state index contributed by atoms with van der Waals surface area (Å²) in [6.45, 7) is 2.29. The fourth-order valence-electron chi connectivity index (χ4n) is 2.53. The smallest absolute Gasteiger partial charge is 0.151 e. The first-order valence-electron chi connectivity index (χ1n) is 7.82. The van der Waals surface area contributed by atoms with Crippen LogP contribution in [0.5, 0.6) is 5.75 Å². The molecule has 4 nitrogen and oxygen atoms in total. The van der Waals surface area contributed by atoms with E-state index in [0.29, 0.717) is 17.3 Å². The third-order valence-corrected chi connectivity index (χ3v) is 4.09. The summed E-state index contributed by atoms with van der Waals surface area (Å²) in [6.07, 6.45) is 1.41. The molecule has 3 rings (SSSR count). The van der Waals surface area contributed by atoms with Crippen molar-refractivity contribution in [2.45, 2.75) is 19.6 Å². The average Bonchev–Trinajstić information content (AvgIpc) is 3.06. The molecule has 130 valence electrons. The van der Waals surface area contributed by atoms with Gasteiger partial charge in [-0.1, -0.05) is 23.7 Å². The van der Waals surface area contributed by atoms with Crippen LogP contribution in [0, 0.1) is 5.82 Å². The second-order valence-electron chi connectivity index (χ2n) is 5.59. The van der Waals surface area contributed by atoms with Crippen molar-refractivity contribution in [2.75, 3.05) is 7.11 Å². The molecule has 0 unspecified atom stereocenters. The summed E-state index contributed by atoms with van der Waals surface area (Å²) in [5.74, 6) is 0.469. The van der Waals surface area contributed by atoms with Gasteiger partial charge in [-0.3, -0.25) is 0 Å². The third-order valence-electron chi connectivity index (χ3n) is 3.89. The zero-order valence-corrected chi connectivity index (χ0v) is 14.7. The lowest BCUT2D eigenvalue weighted by Gasteiger charge is -2.18. The van der Waals surface area contributed by atoms with Crippen LogP contribution in [0.3, 0.4) is 0 Å². The number of rotatable bonds is 6. The number of hydrogen-bond donors (Lipinski definition) is 0. The molecule has 1 aromatic heterocycles. The van der Waals surface area contributed by atoms with Gasteiger partial charge in [0.15, 0.2) is 5.15 Å². The molecule has 0 spiro atoms. The molecule has 0 aliphatic heterocycles. The van der Waals surface area contributed by atoms with Crippen LogP contribution in [0.25, 0.3) is 5.69 Å². The molecule has 0 saturated carbocycles. The van der Waals surface area contributed by atoms with Crippen LogP contribution in [-0.4, -0.2) is 16.9 Å². The minimum Gasteiger partial charge on any atom is -0.497 e. The maximum Gasteiger partial charge on any atom is 0.151 e. The topological polar surface area (TPSA) is 36.3 Å². The highest BCUT2D eigenvalue weighted by Gasteiger charge is 2.15. The maximum atomic E-state index is 13.7. The minimum absolute atomic E-state index is 0.322. The highest BCUT2D eigenvalue weighted by molar-refractivity contribution is 6.29. The Morgan fingerprint density at radius 1 is 1.16 bits per heavy atom. The highest BCUT2D eigenvalue weighted by Crippen LogP contribution is 2.27. The van der Waals surface area contributed by atoms with Gasteiger partial charge in [-0.25, -0.2) is 9.07 Å². The number of ether oxygens (including phenoxy) is 2. The van der Waals surface area contributed by atoms with E-state index in [1.165, 1.54) is 12.1 Å². The number of benzene rings is 2. The molecule has 25 heavy (non-hydrogen) atoms. The van der Waals surface area contributed by atoms with E-state index >= 15 is 0 Å². The normalized spacial score (nSPS) is 12.2. The monoisotopic (exact) mass is 360 g/mol. The van der Waals surface area contributed by atoms with Gasteiger partial charge in [0.25, 0.3) is 0 Å². The van der Waals surface area contributed by atoms with Gasteiger partial charge in [0.1, 0.15) is 11.6 Å². The van der Waals surface area contributed by atoms with Crippen LogP contribution >= 0.6 is 11.6 Å². The van der Waals surface area contributed by atoms with E-state index in [4.69, 9.17) is 21.1 Å². The van der Waals surface area contributed by atoms with Crippen molar-refractivity contribution in [3.05, 3.63) is 76.8 Å². The molecular weight excluding hydrogens is 343 g/mol. The van der Waals surface area contributed by atoms with E-state index in [9.17, 15) is 4.39 Å². The highest BCUT2D eigenvalue weighted by atomic mass is 35.5. The molecule has 0 aliphatic carbocycles. The Kier molecular flexibility index (Phi) is 5.36. The predicted molar refractivity (Wildman–Crippen MR) is 94.7 cm³/mol. The lowest BCUT2D eigenvalue weighted by molar-refractivity contribution is 0.0522. The summed E-state index contributed by atoms with van der Waals surface area (Å²) < 4.78 is 26.4. The molecule has 3 aromatic rings. The van der Waals surface area contributed by atoms with Gasteiger partial charge in [0.05, 0.1) is 25.5 Å². The molecule has 1 atom stereocenters. The van der Waals surface area contributed by atoms with Crippen LogP contribution in [0.4, 0.5) is 4.39 Å². The Morgan fingerprint density at radius 2 is 1.92 bits per heavy atom. The summed E-state index contributed by atoms with van der Waals surface area (Å²) in [5, 5.41) is 4.56. The molecule has 6 heteroatoms. The number of aromatic nitrogens is 2. The van der Waals surface area contributed by atoms with E-state index in [1.54, 1.807) is 30.1 Å². The number of nitrogens with zero attached hydrogens (tertiary/aromatic N) is 2. The molecule has 0 saturated heterocycles. The Bertz CT molecular complexity index is 849. The van der Waals surface area contributed by atoms with Crippen molar-refractivity contribution in [2.24, 2.45) is 0 Å². The van der Waals surface area contributed by atoms with Crippen molar-refractivity contribution in [1.82, 2.24) is 9.78 Å². The van der Waals surface area contributed by atoms with Gasteiger partial charge in [-0.15, -0.1) is 0 Å². The van der Waals surface area contributed by atoms with Crippen molar-refractivity contribution in [3.63, 3.8) is 0 Å². The third kappa shape index (κ3) is 4.18. The molecule has 0 N–H and O–H groups in total. The Hall–Kier alpha value is -2.37. The average molecular weight is 361 g/mol. The number of methoxy groups -OCH3 is 1. The van der Waals surface area contributed by atoms with Gasteiger partial charge < -0.3 is 9.47 Å². The largest absolute Gasteiger partial charge is 0.497 e. The second kappa shape index (κ2) is 7.68. The summed E-state index contributed by atoms with van der Waals surface area (Å²) in [7, 11) is 1.63. The van der Waals surface area contributed by atoms with Crippen molar-refractivity contribution in [1.29, 1.82) is 0 Å². The Balaban J connectivity index is 1.78. The van der Waals surface area contributed by atoms with Crippen LogP contribution in [-0.2, 0) is 11.3 Å². The zero-order chi connectivity index (χ0) is 17.8. The van der Waals surface area contributed by atoms with Crippen LogP contribution in [0.1, 0.15) is 24.2 Å². The van der Waals surface area contributed by atoms with Crippen molar-refractivity contribution < 1.29 is 13.9 Å². The van der Waals surface area contributed by atoms with E-state index in [1.807, 2.05) is 31.2 Å². The zero-order valence-electron chi connectivity index (χ0n) is 13.9. The summed E-state index contributed by atoms with van der Waals surface area (Å²) in [6, 6.07) is 13.8. The molecule has 2 aromatic carbocycles. The lowest BCUT2D eigenvalue weighted by Crippen LogP contribution is -2.07. The van der Waals surface area contributed by atoms with Gasteiger partial charge in [-0.05, 0) is 48.9 Å². The fourth-order valence-corrected chi connectivity index (χ4v) is 2.67. The number of hydrogen-bond acceptors (Lipinski definition) is 3. The molecule has 0 radical (unpaired) electrons. The van der Waals surface area contributed by atoms with Crippen molar-refractivity contribution >= 4 is 11.6 Å². The first kappa shape index (κ1) is 17.5. The van der Waals surface area contributed by atoms with Crippen LogP contribution < -0.4 is 4.74 Å². The molecular formula is C19H18ClFN2O2. The maximum absolute atomic E-state index is 13.7. The quantitative estimate of drug-likeness (QED) is 0.624. The first-order chi connectivity index (χ1) is 12.1. The van der Waals surface area contributed by atoms with E-state index < -0.39 is 0 Å². The summed E-state index contributed by atoms with van der Waals surface area (Å²) in [4.78, 5) is 0. The van der Waals surface area contributed by atoms with E-state index in [0.717, 1.165) is 17.0 Å². The van der Waals surface area contributed by atoms with Crippen LogP contribution in [0.2, 0.25) is 5.15 Å². The standard InChI is InChI=1S/C19H18ClFN2O2/c1-13(25-12-14-3-6-16(24-2)7-4-14)17-11-15(21)5-8-18(17)23-10-9-19(20)22-23/h3-11,13H,12H2,1-2H3/t13-/m1/s1. The molecule has 0 bridgehead atoms. The Labute approximate surface area is 150 Å². The second-order valence-corrected chi connectivity index (χ2v) is 5.97. The van der Waals surface area contributed by atoms with Gasteiger partial charge in [0, 0.05) is 11.8 Å². The summed E-state index contributed by atoms with van der Waals surface area (Å²) in [5.41, 5.74) is 2.44. The van der Waals surface area contributed by atoms with Gasteiger partial charge in [0.2, 0.25) is 0 Å². The molecule has 0 aliphatic rings.